The van der Waals surface area contributed by atoms with E-state index in [-0.39, 0.29) is 24.8 Å². The average molecular weight is 774 g/mol. The van der Waals surface area contributed by atoms with Gasteiger partial charge in [0.25, 0.3) is 0 Å². The van der Waals surface area contributed by atoms with Crippen LogP contribution in [0.25, 0.3) is 0 Å². The molecule has 0 saturated carbocycles. The van der Waals surface area contributed by atoms with Gasteiger partial charge in [0, 0.05) is 0 Å². The van der Waals surface area contributed by atoms with E-state index in [0.717, 1.165) is 6.42 Å². The summed E-state index contributed by atoms with van der Waals surface area (Å²) in [6.07, 6.45) is 17.5. The Morgan fingerprint density at radius 2 is 1.00 bits per heavy atom. The van der Waals surface area contributed by atoms with Crippen LogP contribution in [0.5, 0.6) is 0 Å². The molecule has 0 aromatic heterocycles. The fraction of sp³-hybridized carbons (Fsp3) is 0.515. The van der Waals surface area contributed by atoms with Crippen molar-refractivity contribution >= 4 is 17.0 Å². The van der Waals surface area contributed by atoms with Crippen LogP contribution in [0.15, 0.2) is 87.6 Å². The molecule has 0 amide bonds. The molecule has 4 aliphatic carbocycles. The predicted molar refractivity (Wildman–Crippen MR) is 168 cm³/mol. The molecule has 221 valence electrons. The summed E-state index contributed by atoms with van der Waals surface area (Å²) >= 11 is -6.04. The molecule has 0 nitrogen and oxygen atoms in total. The molecule has 0 aromatic rings. The van der Waals surface area contributed by atoms with Crippen LogP contribution in [-0.4, -0.2) is 0 Å². The van der Waals surface area contributed by atoms with E-state index in [2.05, 4.69) is 90.4 Å². The molecule has 0 bridgehead atoms. The van der Waals surface area contributed by atoms with Crippen LogP contribution in [0.4, 0.5) is 0 Å². The van der Waals surface area contributed by atoms with E-state index in [1.54, 1.807) is 25.6 Å². The van der Waals surface area contributed by atoms with Gasteiger partial charge < -0.3 is 24.8 Å². The molecule has 4 rings (SSSR count). The second-order valence-corrected chi connectivity index (χ2v) is 75.4. The van der Waals surface area contributed by atoms with Crippen molar-refractivity contribution in [3.63, 3.8) is 0 Å². The van der Waals surface area contributed by atoms with Gasteiger partial charge in [0.2, 0.25) is 0 Å². The van der Waals surface area contributed by atoms with E-state index in [0.29, 0.717) is 0 Å². The summed E-state index contributed by atoms with van der Waals surface area (Å²) in [6.45, 7) is 13.6. The summed E-state index contributed by atoms with van der Waals surface area (Å²) in [5.74, 6) is 0. The average Bonchev–Trinajstić information content (AvgIpc) is 3.51. The second-order valence-electron chi connectivity index (χ2n) is 15.7. The molecule has 0 radical (unpaired) electrons. The molecule has 0 unspecified atom stereocenters. The van der Waals surface area contributed by atoms with Crippen LogP contribution in [-0.2, 0) is 33.7 Å². The van der Waals surface area contributed by atoms with Gasteiger partial charge in [-0.05, 0) is 87.8 Å². The summed E-state index contributed by atoms with van der Waals surface area (Å²) < 4.78 is 19.0. The van der Waals surface area contributed by atoms with Crippen molar-refractivity contribution in [3.8, 4) is 0 Å². The van der Waals surface area contributed by atoms with Gasteiger partial charge in [-0.15, -0.1) is 0 Å². The Hall–Kier alpha value is 0.846. The van der Waals surface area contributed by atoms with Crippen molar-refractivity contribution in [2.24, 2.45) is 0 Å². The van der Waals surface area contributed by atoms with Crippen molar-refractivity contribution in [1.29, 1.82) is 0 Å². The smallest absolute Gasteiger partial charge is 1.00 e. The summed E-state index contributed by atoms with van der Waals surface area (Å²) in [4.78, 5) is 0. The Labute approximate surface area is 259 Å². The third kappa shape index (κ3) is 11.1. The van der Waals surface area contributed by atoms with Crippen molar-refractivity contribution in [2.45, 2.75) is 99.6 Å². The monoisotopic (exact) mass is 769 g/mol. The first-order valence-electron chi connectivity index (χ1n) is 14.0. The zero-order chi connectivity index (χ0) is 28.7. The molecule has 0 fully saturated rings. The maximum Gasteiger partial charge on any atom is -1.00 e. The summed E-state index contributed by atoms with van der Waals surface area (Å²) in [7, 11) is 13.0. The van der Waals surface area contributed by atoms with Gasteiger partial charge in [-0.3, -0.25) is 0 Å². The van der Waals surface area contributed by atoms with Crippen molar-refractivity contribution in [1.82, 2.24) is 0 Å². The minimum absolute atomic E-state index is 0. The van der Waals surface area contributed by atoms with Gasteiger partial charge in [-0.2, -0.15) is 0 Å². The van der Waals surface area contributed by atoms with Gasteiger partial charge in [-0.25, -0.2) is 0 Å². The molecule has 0 spiro atoms. The number of halogens is 4. The molecule has 0 saturated heterocycles. The van der Waals surface area contributed by atoms with E-state index in [4.69, 9.17) is 17.0 Å². The molecule has 0 atom stereocenters. The Bertz CT molecular complexity index is 1180. The molecular formula is C33H53Cl4Zr2. The van der Waals surface area contributed by atoms with Gasteiger partial charge >= 0.3 is 139 Å². The molecule has 0 N–H and O–H groups in total. The summed E-state index contributed by atoms with van der Waals surface area (Å²) in [5.41, 5.74) is 12.4. The third-order valence-corrected chi connectivity index (χ3v) is 25.5. The zero-order valence-electron chi connectivity index (χ0n) is 26.8. The standard InChI is InChI=1S/C16H22.2C5H5.7CH3.4ClH.2Zr/c1-9-7-15(13(5)11(9)3)16-8-10(2)12(4)14(16)6;2*1-2-4-5-3-1;;;;;;;;;;;;;/h7-8H2,1-6H3;2*1-3H,4H2;7*1H3;4*1H;;/q;;;;;;;;;;;;;;2*+2/p-4. The zero-order valence-corrected chi connectivity index (χ0v) is 34.7. The Kier molecular flexibility index (Phi) is 13.1. The number of allylic oxidation sites excluding steroid dienone is 16. The number of rotatable bonds is 3. The van der Waals surface area contributed by atoms with Crippen molar-refractivity contribution in [2.75, 3.05) is 0 Å². The predicted octanol–water partition coefficient (Wildman–Crippen LogP) is 7.33. The first kappa shape index (κ1) is 39.8. The van der Waals surface area contributed by atoms with E-state index >= 15 is 0 Å². The topological polar surface area (TPSA) is 0 Å². The first-order chi connectivity index (χ1) is 16.4. The molecule has 0 heterocycles. The number of hydrogen-bond acceptors (Lipinski definition) is 0. The van der Waals surface area contributed by atoms with Crippen LogP contribution < -0.4 is 24.8 Å². The van der Waals surface area contributed by atoms with Gasteiger partial charge in [0.15, 0.2) is 0 Å². The van der Waals surface area contributed by atoms with Crippen LogP contribution in [0, 0.1) is 0 Å². The minimum atomic E-state index is -3.83. The first-order valence-corrected chi connectivity index (χ1v) is 40.0. The molecule has 4 aliphatic rings. The Balaban J connectivity index is 0.000000561. The SMILES string of the molecule is CC1=C(C)C(C)=C(C2=C(C)C(C)=C(C)C2)C1.[CH3][Zr+2]([CH3])([CH3])([CH3])[C]1=CC=CC1.[CH3][Zr]([CH3])([CH3])([Cl])([Cl])[C]1=CC=CC1.[Cl-].[Cl-]. The fourth-order valence-electron chi connectivity index (χ4n) is 5.15. The van der Waals surface area contributed by atoms with Crippen LogP contribution in [0.2, 0.25) is 32.4 Å². The van der Waals surface area contributed by atoms with Crippen LogP contribution >= 0.6 is 17.0 Å². The summed E-state index contributed by atoms with van der Waals surface area (Å²) in [6, 6.07) is 0. The number of hydrogen-bond donors (Lipinski definition) is 0. The van der Waals surface area contributed by atoms with Gasteiger partial charge in [0.05, 0.1) is 0 Å². The van der Waals surface area contributed by atoms with E-state index in [1.165, 1.54) is 44.8 Å². The maximum absolute atomic E-state index is 6.51. The minimum Gasteiger partial charge on any atom is -1.00 e. The van der Waals surface area contributed by atoms with E-state index in [1.807, 2.05) is 20.0 Å². The van der Waals surface area contributed by atoms with Crippen molar-refractivity contribution < 1.29 is 58.5 Å². The molecule has 0 aromatic carbocycles. The van der Waals surface area contributed by atoms with Crippen LogP contribution in [0.1, 0.15) is 67.2 Å². The Morgan fingerprint density at radius 3 is 1.18 bits per heavy atom. The van der Waals surface area contributed by atoms with Crippen molar-refractivity contribution in [3.05, 3.63) is 87.6 Å². The Morgan fingerprint density at radius 1 is 0.615 bits per heavy atom. The molecule has 39 heavy (non-hydrogen) atoms. The fourth-order valence-corrected chi connectivity index (χ4v) is 14.9. The molecule has 6 heteroatoms. The van der Waals surface area contributed by atoms with E-state index < -0.39 is 33.7 Å². The van der Waals surface area contributed by atoms with Gasteiger partial charge in [0.1, 0.15) is 0 Å². The summed E-state index contributed by atoms with van der Waals surface area (Å²) in [5, 5.41) is 0. The maximum atomic E-state index is 6.51. The normalized spacial score (nSPS) is 20.9. The molecule has 0 aliphatic heterocycles. The molecular weight excluding hydrogens is 721 g/mol. The van der Waals surface area contributed by atoms with E-state index in [9.17, 15) is 0 Å². The quantitative estimate of drug-likeness (QED) is 0.282. The third-order valence-electron chi connectivity index (χ3n) is 8.59. The second kappa shape index (κ2) is 12.8. The van der Waals surface area contributed by atoms with Gasteiger partial charge in [-0.1, -0.05) is 11.1 Å². The van der Waals surface area contributed by atoms with Crippen LogP contribution in [0.3, 0.4) is 0 Å². The largest absolute Gasteiger partial charge is 1.00 e.